The van der Waals surface area contributed by atoms with Gasteiger partial charge in [-0.3, -0.25) is 11.3 Å². The maximum atomic E-state index is 5.70. The molecular formula is C15H17N5S. The summed E-state index contributed by atoms with van der Waals surface area (Å²) in [5.74, 6) is 5.70. The number of benzene rings is 1. The molecule has 0 aliphatic heterocycles. The normalized spacial score (nSPS) is 12.5. The number of aryl methyl sites for hydroxylation is 1. The van der Waals surface area contributed by atoms with Gasteiger partial charge in [-0.15, -0.1) is 11.3 Å². The second-order valence-corrected chi connectivity index (χ2v) is 5.90. The van der Waals surface area contributed by atoms with Crippen LogP contribution in [0.4, 0.5) is 0 Å². The minimum Gasteiger partial charge on any atom is -0.271 e. The predicted molar refractivity (Wildman–Crippen MR) is 84.2 cm³/mol. The number of aromatic nitrogens is 3. The van der Waals surface area contributed by atoms with Crippen molar-refractivity contribution in [2.75, 3.05) is 0 Å². The number of nitrogens with one attached hydrogen (secondary N) is 1. The zero-order chi connectivity index (χ0) is 14.7. The van der Waals surface area contributed by atoms with E-state index in [1.165, 1.54) is 0 Å². The smallest absolute Gasteiger partial charge is 0.0897 e. The Labute approximate surface area is 127 Å². The number of rotatable bonds is 5. The highest BCUT2D eigenvalue weighted by Gasteiger charge is 2.14. The molecule has 1 unspecified atom stereocenters. The maximum Gasteiger partial charge on any atom is 0.0897 e. The summed E-state index contributed by atoms with van der Waals surface area (Å²) in [7, 11) is 0. The lowest BCUT2D eigenvalue weighted by molar-refractivity contribution is 0.546. The summed E-state index contributed by atoms with van der Waals surface area (Å²) in [4.78, 5) is 4.48. The number of hydrazine groups is 1. The third-order valence-electron chi connectivity index (χ3n) is 3.31. The molecule has 21 heavy (non-hydrogen) atoms. The average molecular weight is 299 g/mol. The summed E-state index contributed by atoms with van der Waals surface area (Å²) in [6, 6.07) is 10.0. The molecule has 0 radical (unpaired) electrons. The lowest BCUT2D eigenvalue weighted by Gasteiger charge is -2.12. The fourth-order valence-electron chi connectivity index (χ4n) is 2.22. The lowest BCUT2D eigenvalue weighted by atomic mass is 10.1. The fraction of sp³-hybridized carbons (Fsp3) is 0.200. The van der Waals surface area contributed by atoms with E-state index in [0.29, 0.717) is 0 Å². The Bertz CT molecular complexity index is 704. The van der Waals surface area contributed by atoms with Gasteiger partial charge in [-0.25, -0.2) is 9.67 Å². The monoisotopic (exact) mass is 299 g/mol. The Balaban J connectivity index is 1.80. The summed E-state index contributed by atoms with van der Waals surface area (Å²) in [5, 5.41) is 7.55. The van der Waals surface area contributed by atoms with E-state index in [4.69, 9.17) is 5.84 Å². The van der Waals surface area contributed by atoms with Crippen LogP contribution in [0.1, 0.15) is 22.3 Å². The predicted octanol–water partition coefficient (Wildman–Crippen LogP) is 2.38. The van der Waals surface area contributed by atoms with Gasteiger partial charge in [0, 0.05) is 23.6 Å². The van der Waals surface area contributed by atoms with Crippen molar-refractivity contribution in [3.63, 3.8) is 0 Å². The number of hydrogen-bond acceptors (Lipinski definition) is 5. The number of thiazole rings is 1. The van der Waals surface area contributed by atoms with Crippen molar-refractivity contribution >= 4 is 11.3 Å². The number of nitrogens with zero attached hydrogens (tertiary/aromatic N) is 3. The van der Waals surface area contributed by atoms with Gasteiger partial charge in [-0.2, -0.15) is 5.10 Å². The van der Waals surface area contributed by atoms with Crippen LogP contribution in [0, 0.1) is 6.92 Å². The SMILES string of the molecule is Cc1nc(CC(NN)c2cnn(-c3ccccc3)c2)cs1. The quantitative estimate of drug-likeness (QED) is 0.560. The van der Waals surface area contributed by atoms with E-state index in [9.17, 15) is 0 Å². The molecule has 0 bridgehead atoms. The van der Waals surface area contributed by atoms with Gasteiger partial charge >= 0.3 is 0 Å². The molecule has 3 aromatic rings. The Morgan fingerprint density at radius 3 is 2.81 bits per heavy atom. The maximum absolute atomic E-state index is 5.70. The highest BCUT2D eigenvalue weighted by atomic mass is 32.1. The minimum absolute atomic E-state index is 0.00367. The van der Waals surface area contributed by atoms with Crippen molar-refractivity contribution in [3.05, 3.63) is 64.4 Å². The molecule has 0 aliphatic carbocycles. The van der Waals surface area contributed by atoms with E-state index >= 15 is 0 Å². The molecule has 0 aliphatic rings. The topological polar surface area (TPSA) is 68.8 Å². The highest BCUT2D eigenvalue weighted by molar-refractivity contribution is 7.09. The van der Waals surface area contributed by atoms with Gasteiger partial charge in [0.25, 0.3) is 0 Å². The van der Waals surface area contributed by atoms with Crippen molar-refractivity contribution in [1.29, 1.82) is 0 Å². The van der Waals surface area contributed by atoms with Gasteiger partial charge < -0.3 is 0 Å². The first-order valence-electron chi connectivity index (χ1n) is 6.73. The molecule has 2 heterocycles. The molecule has 5 nitrogen and oxygen atoms in total. The first kappa shape index (κ1) is 13.9. The van der Waals surface area contributed by atoms with Crippen molar-refractivity contribution in [2.24, 2.45) is 5.84 Å². The summed E-state index contributed by atoms with van der Waals surface area (Å²) in [6.45, 7) is 2.01. The molecule has 0 spiro atoms. The van der Waals surface area contributed by atoms with Gasteiger partial charge in [0.05, 0.1) is 28.6 Å². The van der Waals surface area contributed by atoms with Crippen LogP contribution in [0.3, 0.4) is 0 Å². The van der Waals surface area contributed by atoms with Crippen molar-refractivity contribution in [3.8, 4) is 5.69 Å². The molecule has 0 amide bonds. The molecule has 2 aromatic heterocycles. The Kier molecular flexibility index (Phi) is 4.10. The van der Waals surface area contributed by atoms with Crippen LogP contribution >= 0.6 is 11.3 Å². The fourth-order valence-corrected chi connectivity index (χ4v) is 2.85. The van der Waals surface area contributed by atoms with Crippen molar-refractivity contribution in [2.45, 2.75) is 19.4 Å². The molecular weight excluding hydrogens is 282 g/mol. The third-order valence-corrected chi connectivity index (χ3v) is 4.13. The van der Waals surface area contributed by atoms with E-state index in [2.05, 4.69) is 20.9 Å². The van der Waals surface area contributed by atoms with Gasteiger partial charge in [0.1, 0.15) is 0 Å². The first-order valence-corrected chi connectivity index (χ1v) is 7.61. The molecule has 1 aromatic carbocycles. The first-order chi connectivity index (χ1) is 10.3. The van der Waals surface area contributed by atoms with E-state index < -0.39 is 0 Å². The van der Waals surface area contributed by atoms with Crippen LogP contribution in [0.25, 0.3) is 5.69 Å². The second kappa shape index (κ2) is 6.17. The minimum atomic E-state index is 0.00367. The van der Waals surface area contributed by atoms with Crippen LogP contribution in [-0.4, -0.2) is 14.8 Å². The highest BCUT2D eigenvalue weighted by Crippen LogP contribution is 2.20. The van der Waals surface area contributed by atoms with E-state index in [-0.39, 0.29) is 6.04 Å². The molecule has 1 atom stereocenters. The largest absolute Gasteiger partial charge is 0.271 e. The van der Waals surface area contributed by atoms with Gasteiger partial charge in [-0.1, -0.05) is 18.2 Å². The summed E-state index contributed by atoms with van der Waals surface area (Å²) >= 11 is 1.65. The summed E-state index contributed by atoms with van der Waals surface area (Å²) < 4.78 is 1.85. The molecule has 6 heteroatoms. The number of para-hydroxylation sites is 1. The standard InChI is InChI=1S/C15H17N5S/c1-11-18-13(10-21-11)7-15(19-16)12-8-17-20(9-12)14-5-3-2-4-6-14/h2-6,8-10,15,19H,7,16H2,1H3. The molecule has 3 N–H and O–H groups in total. The van der Waals surface area contributed by atoms with Crippen LogP contribution in [0.15, 0.2) is 48.1 Å². The summed E-state index contributed by atoms with van der Waals surface area (Å²) in [5.41, 5.74) is 5.98. The molecule has 0 saturated carbocycles. The van der Waals surface area contributed by atoms with E-state index in [0.717, 1.165) is 28.4 Å². The van der Waals surface area contributed by atoms with Gasteiger partial charge in [0.2, 0.25) is 0 Å². The van der Waals surface area contributed by atoms with Crippen molar-refractivity contribution < 1.29 is 0 Å². The zero-order valence-corrected chi connectivity index (χ0v) is 12.5. The van der Waals surface area contributed by atoms with Crippen LogP contribution in [0.2, 0.25) is 0 Å². The van der Waals surface area contributed by atoms with Crippen LogP contribution < -0.4 is 11.3 Å². The van der Waals surface area contributed by atoms with Gasteiger partial charge in [0.15, 0.2) is 0 Å². The molecule has 0 saturated heterocycles. The van der Waals surface area contributed by atoms with Crippen LogP contribution in [-0.2, 0) is 6.42 Å². The third kappa shape index (κ3) is 3.18. The number of nitrogens with two attached hydrogens (primary N) is 1. The zero-order valence-electron chi connectivity index (χ0n) is 11.7. The van der Waals surface area contributed by atoms with E-state index in [1.807, 2.05) is 54.3 Å². The Hall–Kier alpha value is -2.02. The van der Waals surface area contributed by atoms with Crippen molar-refractivity contribution in [1.82, 2.24) is 20.2 Å². The van der Waals surface area contributed by atoms with E-state index in [1.54, 1.807) is 11.3 Å². The molecule has 3 rings (SSSR count). The number of hydrogen-bond donors (Lipinski definition) is 2. The Morgan fingerprint density at radius 2 is 2.14 bits per heavy atom. The lowest BCUT2D eigenvalue weighted by Crippen LogP contribution is -2.29. The average Bonchev–Trinajstić information content (AvgIpc) is 3.15. The second-order valence-electron chi connectivity index (χ2n) is 4.84. The Morgan fingerprint density at radius 1 is 1.33 bits per heavy atom. The van der Waals surface area contributed by atoms with Gasteiger partial charge in [-0.05, 0) is 19.1 Å². The molecule has 0 fully saturated rings. The summed E-state index contributed by atoms with van der Waals surface area (Å²) in [6.07, 6.45) is 4.59. The van der Waals surface area contributed by atoms with Crippen LogP contribution in [0.5, 0.6) is 0 Å². The molecule has 108 valence electrons.